The van der Waals surface area contributed by atoms with Gasteiger partial charge >= 0.3 is 6.03 Å². The number of nitrogens with one attached hydrogen (secondary N) is 2. The fraction of sp³-hybridized carbons (Fsp3) is 0.0833. The second kappa shape index (κ2) is 13.2. The van der Waals surface area contributed by atoms with Crippen molar-refractivity contribution in [2.24, 2.45) is 0 Å². The number of urea groups is 1. The highest BCUT2D eigenvalue weighted by Gasteiger charge is 2.36. The van der Waals surface area contributed by atoms with Gasteiger partial charge in [0, 0.05) is 26.4 Å². The van der Waals surface area contributed by atoms with Gasteiger partial charge in [-0.3, -0.25) is 9.69 Å². The van der Waals surface area contributed by atoms with Crippen LogP contribution >= 0.6 is 34.9 Å². The van der Waals surface area contributed by atoms with E-state index in [0.29, 0.717) is 10.8 Å². The average molecular weight is 645 g/mol. The van der Waals surface area contributed by atoms with Crippen LogP contribution in [0.2, 0.25) is 0 Å². The third-order valence-corrected chi connectivity index (χ3v) is 10.8. The molecular weight excluding hydrogens is 617 g/mol. The van der Waals surface area contributed by atoms with Gasteiger partial charge in [0.2, 0.25) is 5.91 Å². The number of amides is 3. The number of allylic oxidation sites excluding steroid dienone is 2. The Morgan fingerprint density at radius 3 is 2.42 bits per heavy atom. The van der Waals surface area contributed by atoms with Gasteiger partial charge in [-0.25, -0.2) is 9.78 Å². The Balaban J connectivity index is 1.10. The van der Waals surface area contributed by atoms with E-state index in [2.05, 4.69) is 33.8 Å². The van der Waals surface area contributed by atoms with E-state index in [1.807, 2.05) is 126 Å². The van der Waals surface area contributed by atoms with Gasteiger partial charge in [0.25, 0.3) is 0 Å². The molecule has 0 spiro atoms. The maximum absolute atomic E-state index is 13.8. The van der Waals surface area contributed by atoms with E-state index in [1.54, 1.807) is 11.8 Å². The van der Waals surface area contributed by atoms with Crippen LogP contribution < -0.4 is 15.5 Å². The molecule has 1 aliphatic carbocycles. The maximum atomic E-state index is 13.8. The van der Waals surface area contributed by atoms with Crippen molar-refractivity contribution in [1.29, 1.82) is 0 Å². The minimum absolute atomic E-state index is 0.0908. The fourth-order valence-corrected chi connectivity index (χ4v) is 8.40. The van der Waals surface area contributed by atoms with Gasteiger partial charge in [0.1, 0.15) is 5.25 Å². The summed E-state index contributed by atoms with van der Waals surface area (Å²) in [6, 6.07) is 35.0. The normalized spacial score (nSPS) is 17.2. The Hall–Kier alpha value is -4.57. The molecule has 3 atom stereocenters. The number of rotatable bonds is 7. The predicted octanol–water partition coefficient (Wildman–Crippen LogP) is 9.29. The summed E-state index contributed by atoms with van der Waals surface area (Å²) >= 11 is 4.61. The van der Waals surface area contributed by atoms with Crippen molar-refractivity contribution in [2.45, 2.75) is 26.3 Å². The Morgan fingerprint density at radius 1 is 0.822 bits per heavy atom. The SMILES string of the molecule is O=C(Nc1nc(-c2ccccc2)cs1)C(Sc1cccc(NC(=O)N2c3ccccc3SC3C=CC=CC32)c1)c1ccccc1. The zero-order valence-electron chi connectivity index (χ0n) is 23.9. The minimum atomic E-state index is -0.535. The standard InChI is InChI=1S/C36H28N4O2S3/c41-34(39-35-38-28(23-43-35)24-12-3-1-4-13-24)33(25-14-5-2-6-15-25)44-27-17-11-16-26(22-27)37-36(42)40-29-18-7-9-20-31(29)45-32-21-10-8-19-30(32)40/h1-23,29,31,33H,(H,37,42)(H,38,39,41). The third kappa shape index (κ3) is 6.47. The fourth-order valence-electron chi connectivity index (χ4n) is 5.34. The average Bonchev–Trinajstić information content (AvgIpc) is 3.55. The zero-order chi connectivity index (χ0) is 30.6. The number of hydrogen-bond acceptors (Lipinski definition) is 6. The summed E-state index contributed by atoms with van der Waals surface area (Å²) in [6.45, 7) is 0. The van der Waals surface area contributed by atoms with Crippen molar-refractivity contribution in [3.05, 3.63) is 144 Å². The lowest BCUT2D eigenvalue weighted by Gasteiger charge is -2.40. The summed E-state index contributed by atoms with van der Waals surface area (Å²) in [4.78, 5) is 36.0. The molecule has 7 rings (SSSR count). The molecule has 3 amide bonds. The Morgan fingerprint density at radius 2 is 1.58 bits per heavy atom. The second-order valence-electron chi connectivity index (χ2n) is 10.4. The minimum Gasteiger partial charge on any atom is -0.307 e. The summed E-state index contributed by atoms with van der Waals surface area (Å²) < 4.78 is 0. The summed E-state index contributed by atoms with van der Waals surface area (Å²) in [7, 11) is 0. The van der Waals surface area contributed by atoms with Gasteiger partial charge in [-0.1, -0.05) is 103 Å². The van der Waals surface area contributed by atoms with E-state index in [0.717, 1.165) is 32.3 Å². The molecule has 0 saturated heterocycles. The maximum Gasteiger partial charge on any atom is 0.326 e. The summed E-state index contributed by atoms with van der Waals surface area (Å²) in [5.74, 6) is -0.166. The number of nitrogens with zero attached hydrogens (tertiary/aromatic N) is 2. The zero-order valence-corrected chi connectivity index (χ0v) is 26.4. The number of carbonyl (C=O) groups excluding carboxylic acids is 2. The lowest BCUT2D eigenvalue weighted by molar-refractivity contribution is -0.115. The molecule has 4 aromatic carbocycles. The molecule has 6 nitrogen and oxygen atoms in total. The molecule has 1 aliphatic heterocycles. The number of thioether (sulfide) groups is 2. The van der Waals surface area contributed by atoms with Crippen LogP contribution in [0.3, 0.4) is 0 Å². The lowest BCUT2D eigenvalue weighted by atomic mass is 10.1. The number of anilines is 3. The van der Waals surface area contributed by atoms with Gasteiger partial charge in [-0.2, -0.15) is 0 Å². The quantitative estimate of drug-likeness (QED) is 0.173. The molecule has 2 aliphatic rings. The molecule has 0 fully saturated rings. The molecule has 0 saturated carbocycles. The number of aromatic nitrogens is 1. The molecule has 9 heteroatoms. The van der Waals surface area contributed by atoms with Crippen molar-refractivity contribution >= 4 is 63.3 Å². The van der Waals surface area contributed by atoms with Gasteiger partial charge < -0.3 is 10.6 Å². The lowest BCUT2D eigenvalue weighted by Crippen LogP contribution is -2.49. The number of para-hydroxylation sites is 1. The van der Waals surface area contributed by atoms with Crippen molar-refractivity contribution in [3.63, 3.8) is 0 Å². The van der Waals surface area contributed by atoms with Gasteiger partial charge in [0.05, 0.1) is 22.7 Å². The Kier molecular flexibility index (Phi) is 8.55. The molecule has 0 radical (unpaired) electrons. The molecule has 1 aromatic heterocycles. The van der Waals surface area contributed by atoms with E-state index in [4.69, 9.17) is 0 Å². The largest absolute Gasteiger partial charge is 0.326 e. The Bertz CT molecular complexity index is 1890. The van der Waals surface area contributed by atoms with Gasteiger partial charge in [-0.15, -0.1) is 34.9 Å². The van der Waals surface area contributed by atoms with Crippen LogP contribution in [0.4, 0.5) is 21.3 Å². The molecule has 2 N–H and O–H groups in total. The van der Waals surface area contributed by atoms with E-state index in [1.165, 1.54) is 23.1 Å². The highest BCUT2D eigenvalue weighted by molar-refractivity contribution is 8.00. The van der Waals surface area contributed by atoms with Crippen molar-refractivity contribution in [1.82, 2.24) is 4.98 Å². The summed E-state index contributed by atoms with van der Waals surface area (Å²) in [6.07, 6.45) is 8.25. The van der Waals surface area contributed by atoms with Gasteiger partial charge in [0.15, 0.2) is 5.13 Å². The van der Waals surface area contributed by atoms with E-state index in [-0.39, 0.29) is 23.2 Å². The first-order valence-corrected chi connectivity index (χ1v) is 17.1. The van der Waals surface area contributed by atoms with Crippen LogP contribution in [0.25, 0.3) is 11.3 Å². The van der Waals surface area contributed by atoms with E-state index >= 15 is 0 Å². The van der Waals surface area contributed by atoms with Crippen LogP contribution in [0, 0.1) is 0 Å². The van der Waals surface area contributed by atoms with Crippen LogP contribution in [-0.2, 0) is 4.79 Å². The highest BCUT2D eigenvalue weighted by Crippen LogP contribution is 2.44. The van der Waals surface area contributed by atoms with Crippen molar-refractivity contribution in [3.8, 4) is 11.3 Å². The van der Waals surface area contributed by atoms with Crippen LogP contribution in [0.15, 0.2) is 149 Å². The van der Waals surface area contributed by atoms with E-state index in [9.17, 15) is 9.59 Å². The number of benzene rings is 4. The monoisotopic (exact) mass is 644 g/mol. The molecule has 2 heterocycles. The predicted molar refractivity (Wildman–Crippen MR) is 187 cm³/mol. The molecule has 0 bridgehead atoms. The molecule has 3 unspecified atom stereocenters. The summed E-state index contributed by atoms with van der Waals surface area (Å²) in [5.41, 5.74) is 4.25. The Labute approximate surface area is 274 Å². The second-order valence-corrected chi connectivity index (χ2v) is 13.7. The third-order valence-electron chi connectivity index (χ3n) is 7.45. The van der Waals surface area contributed by atoms with Crippen molar-refractivity contribution < 1.29 is 9.59 Å². The molecular formula is C36H28N4O2S3. The summed E-state index contributed by atoms with van der Waals surface area (Å²) in [5, 5.41) is 8.26. The van der Waals surface area contributed by atoms with Crippen LogP contribution in [-0.4, -0.2) is 28.2 Å². The first-order chi connectivity index (χ1) is 22.1. The smallest absolute Gasteiger partial charge is 0.307 e. The van der Waals surface area contributed by atoms with Crippen LogP contribution in [0.1, 0.15) is 10.8 Å². The number of hydrogen-bond donors (Lipinski definition) is 2. The molecule has 222 valence electrons. The van der Waals surface area contributed by atoms with Crippen molar-refractivity contribution in [2.75, 3.05) is 15.5 Å². The first-order valence-electron chi connectivity index (χ1n) is 14.5. The molecule has 45 heavy (non-hydrogen) atoms. The van der Waals surface area contributed by atoms with Gasteiger partial charge in [-0.05, 0) is 35.9 Å². The van der Waals surface area contributed by atoms with E-state index < -0.39 is 5.25 Å². The number of fused-ring (bicyclic) bond motifs is 2. The van der Waals surface area contributed by atoms with Crippen LogP contribution in [0.5, 0.6) is 0 Å². The first kappa shape index (κ1) is 29.2. The topological polar surface area (TPSA) is 74.3 Å². The highest BCUT2D eigenvalue weighted by atomic mass is 32.2. The number of carbonyl (C=O) groups is 2. The molecule has 5 aromatic rings. The number of thiazole rings is 1.